The van der Waals surface area contributed by atoms with Gasteiger partial charge in [-0.3, -0.25) is 4.79 Å². The van der Waals surface area contributed by atoms with Gasteiger partial charge >= 0.3 is 6.03 Å². The summed E-state index contributed by atoms with van der Waals surface area (Å²) in [6, 6.07) is 16.9. The van der Waals surface area contributed by atoms with Crippen molar-refractivity contribution in [3.8, 4) is 11.1 Å². The summed E-state index contributed by atoms with van der Waals surface area (Å²) in [4.78, 5) is 25.0. The Morgan fingerprint density at radius 2 is 1.71 bits per heavy atom. The van der Waals surface area contributed by atoms with Crippen molar-refractivity contribution in [2.45, 2.75) is 51.4 Å². The number of aliphatic hydroxyl groups excluding tert-OH is 1. The Kier molecular flexibility index (Phi) is 7.79. The van der Waals surface area contributed by atoms with Crippen LogP contribution in [0, 0.1) is 13.8 Å². The molecule has 4 N–H and O–H groups in total. The fourth-order valence-corrected chi connectivity index (χ4v) is 4.22. The van der Waals surface area contributed by atoms with Crippen molar-refractivity contribution in [2.75, 3.05) is 17.2 Å². The molecule has 2 heterocycles. The van der Waals surface area contributed by atoms with Gasteiger partial charge < -0.3 is 30.3 Å². The lowest BCUT2D eigenvalue weighted by Crippen LogP contribution is -2.52. The monoisotopic (exact) mass is 478 g/mol. The average Bonchev–Trinajstić information content (AvgIpc) is 3.18. The van der Waals surface area contributed by atoms with Gasteiger partial charge in [0.1, 0.15) is 17.5 Å². The van der Waals surface area contributed by atoms with E-state index in [4.69, 9.17) is 9.26 Å². The Balaban J connectivity index is 1.26. The molecule has 35 heavy (non-hydrogen) atoms. The highest BCUT2D eigenvalue weighted by molar-refractivity contribution is 5.91. The smallest absolute Gasteiger partial charge is 0.319 e. The molecule has 3 atom stereocenters. The van der Waals surface area contributed by atoms with E-state index in [9.17, 15) is 14.7 Å². The summed E-state index contributed by atoms with van der Waals surface area (Å²) in [5, 5.41) is 22.1. The summed E-state index contributed by atoms with van der Waals surface area (Å²) >= 11 is 0. The highest BCUT2D eigenvalue weighted by atomic mass is 16.5. The molecule has 0 unspecified atom stereocenters. The molecular formula is C26H30N4O5. The third kappa shape index (κ3) is 6.26. The van der Waals surface area contributed by atoms with E-state index in [0.717, 1.165) is 11.1 Å². The summed E-state index contributed by atoms with van der Waals surface area (Å²) in [6.45, 7) is 3.18. The van der Waals surface area contributed by atoms with Gasteiger partial charge in [-0.25, -0.2) is 4.79 Å². The molecule has 9 nitrogen and oxygen atoms in total. The number of nitrogens with zero attached hydrogens (tertiary/aromatic N) is 1. The number of nitrogens with one attached hydrogen (secondary N) is 3. The zero-order valence-corrected chi connectivity index (χ0v) is 19.8. The van der Waals surface area contributed by atoms with Crippen LogP contribution in [0.1, 0.15) is 30.7 Å². The predicted molar refractivity (Wildman–Crippen MR) is 132 cm³/mol. The number of amides is 3. The molecule has 3 amide bonds. The first-order chi connectivity index (χ1) is 16.9. The number of aromatic nitrogens is 1. The van der Waals surface area contributed by atoms with E-state index in [1.165, 1.54) is 0 Å². The van der Waals surface area contributed by atoms with Gasteiger partial charge in [-0.2, -0.15) is 0 Å². The molecule has 0 spiro atoms. The van der Waals surface area contributed by atoms with Crippen molar-refractivity contribution in [2.24, 2.45) is 0 Å². The summed E-state index contributed by atoms with van der Waals surface area (Å²) < 4.78 is 11.0. The van der Waals surface area contributed by atoms with Crippen LogP contribution < -0.4 is 16.0 Å². The van der Waals surface area contributed by atoms with Crippen LogP contribution in [-0.2, 0) is 9.53 Å². The molecule has 9 heteroatoms. The molecule has 1 aromatic heterocycles. The van der Waals surface area contributed by atoms with Crippen LogP contribution in [0.2, 0.25) is 0 Å². The maximum absolute atomic E-state index is 12.6. The number of carbonyl (C=O) groups excluding carboxylic acids is 2. The Bertz CT molecular complexity index is 1130. The van der Waals surface area contributed by atoms with Crippen LogP contribution in [0.5, 0.6) is 0 Å². The van der Waals surface area contributed by atoms with Gasteiger partial charge in [0.2, 0.25) is 5.91 Å². The van der Waals surface area contributed by atoms with E-state index >= 15 is 0 Å². The summed E-state index contributed by atoms with van der Waals surface area (Å²) in [5.41, 5.74) is 3.99. The van der Waals surface area contributed by atoms with E-state index in [-0.39, 0.29) is 31.1 Å². The maximum atomic E-state index is 12.6. The van der Waals surface area contributed by atoms with Crippen LogP contribution in [0.15, 0.2) is 59.1 Å². The molecule has 2 aromatic carbocycles. The third-order valence-electron chi connectivity index (χ3n) is 6.07. The van der Waals surface area contributed by atoms with E-state index in [1.54, 1.807) is 13.8 Å². The normalized spacial score (nSPS) is 19.7. The van der Waals surface area contributed by atoms with Gasteiger partial charge in [-0.1, -0.05) is 47.6 Å². The standard InChI is InChI=1S/C26H30N4O5/c1-16-25(17(2)35-30-16)29-26(33)28-22-13-12-21(34-23(22)15-31)14-24(32)27-20-10-8-19(9-11-20)18-6-4-3-5-7-18/h3-11,21-23,31H,12-15H2,1-2H3,(H,27,32)(H2,28,29,33)/t21-,22-,23-/m1/s1. The lowest BCUT2D eigenvalue weighted by molar-refractivity contribution is -0.126. The van der Waals surface area contributed by atoms with Gasteiger partial charge in [0.15, 0.2) is 5.76 Å². The number of carbonyl (C=O) groups is 2. The minimum atomic E-state index is -0.609. The number of ether oxygens (including phenoxy) is 1. The lowest BCUT2D eigenvalue weighted by atomic mass is 9.97. The van der Waals surface area contributed by atoms with Crippen molar-refractivity contribution in [1.82, 2.24) is 10.5 Å². The van der Waals surface area contributed by atoms with Crippen LogP contribution >= 0.6 is 0 Å². The van der Waals surface area contributed by atoms with Gasteiger partial charge in [-0.15, -0.1) is 0 Å². The van der Waals surface area contributed by atoms with E-state index in [1.807, 2.05) is 54.6 Å². The molecule has 1 saturated heterocycles. The highest BCUT2D eigenvalue weighted by Gasteiger charge is 2.33. The second-order valence-electron chi connectivity index (χ2n) is 8.66. The Labute approximate surface area is 203 Å². The van der Waals surface area contributed by atoms with Crippen LogP contribution in [0.25, 0.3) is 11.1 Å². The molecule has 0 radical (unpaired) electrons. The molecule has 3 aromatic rings. The number of hydrogen-bond donors (Lipinski definition) is 4. The molecule has 184 valence electrons. The summed E-state index contributed by atoms with van der Waals surface area (Å²) in [7, 11) is 0. The summed E-state index contributed by atoms with van der Waals surface area (Å²) in [6.07, 6.45) is 0.355. The van der Waals surface area contributed by atoms with Crippen molar-refractivity contribution >= 4 is 23.3 Å². The van der Waals surface area contributed by atoms with Gasteiger partial charge in [-0.05, 0) is 49.9 Å². The summed E-state index contributed by atoms with van der Waals surface area (Å²) in [5.74, 6) is 0.346. The molecule has 1 aliphatic rings. The van der Waals surface area contributed by atoms with E-state index < -0.39 is 12.1 Å². The van der Waals surface area contributed by atoms with E-state index in [0.29, 0.717) is 35.7 Å². The fourth-order valence-electron chi connectivity index (χ4n) is 4.22. The quantitative estimate of drug-likeness (QED) is 0.406. The van der Waals surface area contributed by atoms with Crippen molar-refractivity contribution < 1.29 is 24.0 Å². The third-order valence-corrected chi connectivity index (χ3v) is 6.07. The van der Waals surface area contributed by atoms with Crippen molar-refractivity contribution in [1.29, 1.82) is 0 Å². The van der Waals surface area contributed by atoms with Crippen LogP contribution in [-0.4, -0.2) is 47.1 Å². The van der Waals surface area contributed by atoms with Crippen molar-refractivity contribution in [3.05, 3.63) is 66.1 Å². The number of anilines is 2. The number of benzene rings is 2. The topological polar surface area (TPSA) is 126 Å². The maximum Gasteiger partial charge on any atom is 0.319 e. The van der Waals surface area contributed by atoms with Crippen molar-refractivity contribution in [3.63, 3.8) is 0 Å². The SMILES string of the molecule is Cc1noc(C)c1NC(=O)N[C@@H]1CC[C@H](CC(=O)Nc2ccc(-c3ccccc3)cc2)O[C@@H]1CO. The molecule has 0 bridgehead atoms. The molecular weight excluding hydrogens is 448 g/mol. The Morgan fingerprint density at radius 3 is 2.37 bits per heavy atom. The van der Waals surface area contributed by atoms with Gasteiger partial charge in [0, 0.05) is 5.69 Å². The van der Waals surface area contributed by atoms with E-state index in [2.05, 4.69) is 21.1 Å². The first kappa shape index (κ1) is 24.4. The number of rotatable bonds is 7. The Morgan fingerprint density at radius 1 is 1.00 bits per heavy atom. The van der Waals surface area contributed by atoms with Crippen LogP contribution in [0.3, 0.4) is 0 Å². The molecule has 0 aliphatic carbocycles. The average molecular weight is 479 g/mol. The zero-order chi connectivity index (χ0) is 24.8. The number of aryl methyl sites for hydroxylation is 2. The largest absolute Gasteiger partial charge is 0.394 e. The fraction of sp³-hybridized carbons (Fsp3) is 0.346. The van der Waals surface area contributed by atoms with Gasteiger partial charge in [0.25, 0.3) is 0 Å². The minimum absolute atomic E-state index is 0.162. The lowest BCUT2D eigenvalue weighted by Gasteiger charge is -2.35. The van der Waals surface area contributed by atoms with Crippen LogP contribution in [0.4, 0.5) is 16.2 Å². The molecule has 1 aliphatic heterocycles. The highest BCUT2D eigenvalue weighted by Crippen LogP contribution is 2.25. The zero-order valence-electron chi connectivity index (χ0n) is 19.8. The molecule has 4 rings (SSSR count). The molecule has 1 fully saturated rings. The number of aliphatic hydroxyl groups is 1. The Hall–Kier alpha value is -3.69. The molecule has 0 saturated carbocycles. The second-order valence-corrected chi connectivity index (χ2v) is 8.66. The first-order valence-corrected chi connectivity index (χ1v) is 11.6. The number of urea groups is 1. The van der Waals surface area contributed by atoms with Gasteiger partial charge in [0.05, 0.1) is 25.2 Å². The minimum Gasteiger partial charge on any atom is -0.394 e. The predicted octanol–water partition coefficient (Wildman–Crippen LogP) is 4.02. The number of hydrogen-bond acceptors (Lipinski definition) is 6. The second kappa shape index (κ2) is 11.2. The first-order valence-electron chi connectivity index (χ1n) is 11.6.